The molecule has 1 aromatic rings. The van der Waals surface area contributed by atoms with E-state index in [9.17, 15) is 0 Å². The maximum Gasteiger partial charge on any atom is 0.119 e. The Balaban J connectivity index is 1.89. The molecule has 4 nitrogen and oxygen atoms in total. The minimum absolute atomic E-state index is 0.211. The number of nitrogens with one attached hydrogen (secondary N) is 1. The first-order valence-electron chi connectivity index (χ1n) is 7.86. The monoisotopic (exact) mass is 293 g/mol. The lowest BCUT2D eigenvalue weighted by Gasteiger charge is -2.20. The third kappa shape index (κ3) is 5.30. The van der Waals surface area contributed by atoms with Gasteiger partial charge < -0.3 is 19.5 Å². The van der Waals surface area contributed by atoms with Crippen molar-refractivity contribution in [2.24, 2.45) is 5.92 Å². The molecule has 1 aliphatic heterocycles. The van der Waals surface area contributed by atoms with Crippen molar-refractivity contribution in [3.05, 3.63) is 29.8 Å². The molecule has 118 valence electrons. The van der Waals surface area contributed by atoms with Crippen LogP contribution in [0.3, 0.4) is 0 Å². The van der Waals surface area contributed by atoms with Crippen LogP contribution >= 0.6 is 0 Å². The van der Waals surface area contributed by atoms with Crippen molar-refractivity contribution in [1.82, 2.24) is 5.32 Å². The summed E-state index contributed by atoms with van der Waals surface area (Å²) in [6.07, 6.45) is 2.23. The van der Waals surface area contributed by atoms with Crippen LogP contribution in [0.4, 0.5) is 0 Å². The highest BCUT2D eigenvalue weighted by Gasteiger charge is 2.17. The van der Waals surface area contributed by atoms with E-state index in [1.54, 1.807) is 7.11 Å². The van der Waals surface area contributed by atoms with Crippen molar-refractivity contribution in [2.45, 2.75) is 25.8 Å². The van der Waals surface area contributed by atoms with Crippen LogP contribution < -0.4 is 10.1 Å². The van der Waals surface area contributed by atoms with Gasteiger partial charge in [-0.25, -0.2) is 0 Å². The molecule has 0 saturated carbocycles. The highest BCUT2D eigenvalue weighted by molar-refractivity contribution is 5.30. The first kappa shape index (κ1) is 16.3. The molecule has 0 spiro atoms. The predicted octanol–water partition coefficient (Wildman–Crippen LogP) is 2.79. The van der Waals surface area contributed by atoms with Gasteiger partial charge in [0.15, 0.2) is 0 Å². The van der Waals surface area contributed by atoms with Crippen LogP contribution in [-0.4, -0.2) is 40.1 Å². The first-order valence-corrected chi connectivity index (χ1v) is 7.86. The fraction of sp³-hybridized carbons (Fsp3) is 0.647. The summed E-state index contributed by atoms with van der Waals surface area (Å²) in [6.45, 7) is 6.34. The van der Waals surface area contributed by atoms with Crippen LogP contribution in [0.5, 0.6) is 5.75 Å². The quantitative estimate of drug-likeness (QED) is 0.760. The van der Waals surface area contributed by atoms with Gasteiger partial charge in [0.05, 0.1) is 33.0 Å². The minimum atomic E-state index is 0.211. The zero-order valence-electron chi connectivity index (χ0n) is 13.1. The largest absolute Gasteiger partial charge is 0.497 e. The van der Waals surface area contributed by atoms with Gasteiger partial charge in [-0.2, -0.15) is 0 Å². The molecule has 4 heteroatoms. The van der Waals surface area contributed by atoms with Gasteiger partial charge in [-0.05, 0) is 37.1 Å². The van der Waals surface area contributed by atoms with Gasteiger partial charge in [0.2, 0.25) is 0 Å². The van der Waals surface area contributed by atoms with Gasteiger partial charge in [0.1, 0.15) is 5.75 Å². The second-order valence-electron chi connectivity index (χ2n) is 5.55. The summed E-state index contributed by atoms with van der Waals surface area (Å²) < 4.78 is 16.6. The smallest absolute Gasteiger partial charge is 0.119 e. The van der Waals surface area contributed by atoms with E-state index in [1.165, 1.54) is 5.56 Å². The molecule has 1 heterocycles. The lowest BCUT2D eigenvalue weighted by Crippen LogP contribution is -2.27. The molecule has 1 N–H and O–H groups in total. The maximum atomic E-state index is 5.92. The zero-order valence-corrected chi connectivity index (χ0v) is 13.1. The fourth-order valence-corrected chi connectivity index (χ4v) is 2.52. The highest BCUT2D eigenvalue weighted by Crippen LogP contribution is 2.20. The lowest BCUT2D eigenvalue weighted by atomic mass is 10.1. The van der Waals surface area contributed by atoms with Crippen LogP contribution in [0.25, 0.3) is 0 Å². The maximum absolute atomic E-state index is 5.92. The number of hydrogen-bond donors (Lipinski definition) is 1. The molecule has 0 bridgehead atoms. The Labute approximate surface area is 127 Å². The minimum Gasteiger partial charge on any atom is -0.497 e. The molecule has 1 aromatic carbocycles. The average molecular weight is 293 g/mol. The van der Waals surface area contributed by atoms with Crippen molar-refractivity contribution in [2.75, 3.05) is 40.1 Å². The Morgan fingerprint density at radius 2 is 2.33 bits per heavy atom. The van der Waals surface area contributed by atoms with E-state index in [4.69, 9.17) is 14.2 Å². The molecule has 2 atom stereocenters. The third-order valence-electron chi connectivity index (χ3n) is 3.80. The molecular formula is C17H27NO3. The molecule has 1 aliphatic rings. The van der Waals surface area contributed by atoms with E-state index in [2.05, 4.69) is 24.4 Å². The summed E-state index contributed by atoms with van der Waals surface area (Å²) in [7, 11) is 1.70. The summed E-state index contributed by atoms with van der Waals surface area (Å²) in [5.74, 6) is 1.45. The molecule has 0 radical (unpaired) electrons. The van der Waals surface area contributed by atoms with Crippen molar-refractivity contribution in [3.8, 4) is 5.75 Å². The molecule has 0 aliphatic carbocycles. The molecule has 2 unspecified atom stereocenters. The third-order valence-corrected chi connectivity index (χ3v) is 3.80. The summed E-state index contributed by atoms with van der Waals surface area (Å²) >= 11 is 0. The average Bonchev–Trinajstić information content (AvgIpc) is 3.04. The number of hydrogen-bond acceptors (Lipinski definition) is 4. The molecule has 21 heavy (non-hydrogen) atoms. The normalized spacial score (nSPS) is 19.6. The summed E-state index contributed by atoms with van der Waals surface area (Å²) in [5.41, 5.74) is 1.21. The van der Waals surface area contributed by atoms with Crippen LogP contribution in [0, 0.1) is 5.92 Å². The second kappa shape index (κ2) is 9.03. The van der Waals surface area contributed by atoms with Gasteiger partial charge in [-0.1, -0.05) is 19.1 Å². The molecule has 1 saturated heterocycles. The molecule has 2 rings (SSSR count). The lowest BCUT2D eigenvalue weighted by molar-refractivity contribution is 0.0744. The number of methoxy groups -OCH3 is 1. The molecular weight excluding hydrogens is 266 g/mol. The first-order chi connectivity index (χ1) is 10.3. The summed E-state index contributed by atoms with van der Waals surface area (Å²) in [5, 5.41) is 3.55. The SMILES string of the molecule is CCCNC(COCC1CCOC1)c1cccc(OC)c1. The van der Waals surface area contributed by atoms with Crippen LogP contribution in [-0.2, 0) is 9.47 Å². The Morgan fingerprint density at radius 1 is 1.43 bits per heavy atom. The van der Waals surface area contributed by atoms with E-state index in [-0.39, 0.29) is 6.04 Å². The number of rotatable bonds is 9. The van der Waals surface area contributed by atoms with Crippen molar-refractivity contribution < 1.29 is 14.2 Å². The van der Waals surface area contributed by atoms with Gasteiger partial charge in [0.25, 0.3) is 0 Å². The number of benzene rings is 1. The standard InChI is InChI=1S/C17H27NO3/c1-3-8-18-17(13-21-12-14-7-9-20-11-14)15-5-4-6-16(10-15)19-2/h4-6,10,14,17-18H,3,7-9,11-13H2,1-2H3. The van der Waals surface area contributed by atoms with Crippen molar-refractivity contribution >= 4 is 0 Å². The van der Waals surface area contributed by atoms with E-state index in [0.717, 1.165) is 45.0 Å². The Morgan fingerprint density at radius 3 is 3.05 bits per heavy atom. The van der Waals surface area contributed by atoms with Gasteiger partial charge >= 0.3 is 0 Å². The predicted molar refractivity (Wildman–Crippen MR) is 83.8 cm³/mol. The molecule has 0 aromatic heterocycles. The van der Waals surface area contributed by atoms with E-state index >= 15 is 0 Å². The van der Waals surface area contributed by atoms with Gasteiger partial charge in [-0.15, -0.1) is 0 Å². The van der Waals surface area contributed by atoms with Crippen LogP contribution in [0.15, 0.2) is 24.3 Å². The topological polar surface area (TPSA) is 39.7 Å². The summed E-state index contributed by atoms with van der Waals surface area (Å²) in [6, 6.07) is 8.41. The highest BCUT2D eigenvalue weighted by atomic mass is 16.5. The Hall–Kier alpha value is -1.10. The van der Waals surface area contributed by atoms with E-state index in [0.29, 0.717) is 12.5 Å². The van der Waals surface area contributed by atoms with E-state index in [1.807, 2.05) is 12.1 Å². The fourth-order valence-electron chi connectivity index (χ4n) is 2.52. The van der Waals surface area contributed by atoms with Crippen LogP contribution in [0.1, 0.15) is 31.4 Å². The molecule has 0 amide bonds. The van der Waals surface area contributed by atoms with Crippen molar-refractivity contribution in [3.63, 3.8) is 0 Å². The Bertz CT molecular complexity index is 405. The van der Waals surface area contributed by atoms with Crippen molar-refractivity contribution in [1.29, 1.82) is 0 Å². The van der Waals surface area contributed by atoms with Gasteiger partial charge in [-0.3, -0.25) is 0 Å². The Kier molecular flexibility index (Phi) is 7.00. The van der Waals surface area contributed by atoms with Gasteiger partial charge in [0, 0.05) is 12.5 Å². The molecule has 1 fully saturated rings. The van der Waals surface area contributed by atoms with E-state index < -0.39 is 0 Å². The zero-order chi connectivity index (χ0) is 14.9. The summed E-state index contributed by atoms with van der Waals surface area (Å²) in [4.78, 5) is 0. The van der Waals surface area contributed by atoms with Crippen LogP contribution in [0.2, 0.25) is 0 Å². The number of ether oxygens (including phenoxy) is 3. The second-order valence-corrected chi connectivity index (χ2v) is 5.55.